The molecule has 0 fully saturated rings. The Morgan fingerprint density at radius 2 is 2.21 bits per heavy atom. The third-order valence-corrected chi connectivity index (χ3v) is 1.79. The fraction of sp³-hybridized carbons (Fsp3) is 0. The van der Waals surface area contributed by atoms with Crippen molar-refractivity contribution in [1.29, 1.82) is 0 Å². The average molecular weight is 188 g/mol. The first-order chi connectivity index (χ1) is 6.79. The molecule has 1 amide bonds. The highest BCUT2D eigenvalue weighted by Crippen LogP contribution is 2.07. The van der Waals surface area contributed by atoms with Gasteiger partial charge in [-0.2, -0.15) is 5.10 Å². The molecule has 0 aliphatic rings. The topological polar surface area (TPSA) is 73.8 Å². The van der Waals surface area contributed by atoms with Crippen molar-refractivity contribution < 1.29 is 4.79 Å². The summed E-state index contributed by atoms with van der Waals surface area (Å²) < 4.78 is 1.45. The Labute approximate surface area is 80.2 Å². The van der Waals surface area contributed by atoms with Gasteiger partial charge in [0, 0.05) is 6.20 Å². The van der Waals surface area contributed by atoms with E-state index in [1.165, 1.54) is 10.9 Å². The van der Waals surface area contributed by atoms with Crippen LogP contribution >= 0.6 is 0 Å². The number of rotatable bonds is 2. The molecule has 0 saturated carbocycles. The number of primary amides is 1. The van der Waals surface area contributed by atoms with Crippen LogP contribution in [-0.4, -0.2) is 20.7 Å². The van der Waals surface area contributed by atoms with E-state index in [1.807, 2.05) is 0 Å². The summed E-state index contributed by atoms with van der Waals surface area (Å²) in [6.07, 6.45) is 4.78. The van der Waals surface area contributed by atoms with Gasteiger partial charge in [0.2, 0.25) is 0 Å². The molecule has 5 heteroatoms. The molecular formula is C9H8N4O. The van der Waals surface area contributed by atoms with Gasteiger partial charge in [-0.3, -0.25) is 9.78 Å². The zero-order valence-corrected chi connectivity index (χ0v) is 7.29. The van der Waals surface area contributed by atoms with Crippen molar-refractivity contribution in [2.24, 2.45) is 5.73 Å². The van der Waals surface area contributed by atoms with Crippen LogP contribution in [0.4, 0.5) is 0 Å². The maximum Gasteiger partial charge on any atom is 0.267 e. The number of carbonyl (C=O) groups is 1. The summed E-state index contributed by atoms with van der Waals surface area (Å²) in [6, 6.07) is 5.13. The number of hydrogen-bond donors (Lipinski definition) is 1. The van der Waals surface area contributed by atoms with E-state index in [1.54, 1.807) is 30.6 Å². The molecule has 0 radical (unpaired) electrons. The van der Waals surface area contributed by atoms with Crippen LogP contribution in [0.25, 0.3) is 5.69 Å². The van der Waals surface area contributed by atoms with Gasteiger partial charge in [0.25, 0.3) is 5.91 Å². The molecule has 2 N–H and O–H groups in total. The Bertz CT molecular complexity index is 449. The van der Waals surface area contributed by atoms with Gasteiger partial charge in [-0.05, 0) is 18.2 Å². The van der Waals surface area contributed by atoms with Gasteiger partial charge < -0.3 is 5.73 Å². The number of carbonyl (C=O) groups excluding carboxylic acids is 1. The summed E-state index contributed by atoms with van der Waals surface area (Å²) >= 11 is 0. The number of aromatic nitrogens is 3. The van der Waals surface area contributed by atoms with E-state index in [0.717, 1.165) is 0 Å². The van der Waals surface area contributed by atoms with E-state index in [4.69, 9.17) is 5.73 Å². The molecule has 5 nitrogen and oxygen atoms in total. The Morgan fingerprint density at radius 3 is 2.86 bits per heavy atom. The summed E-state index contributed by atoms with van der Waals surface area (Å²) in [7, 11) is 0. The lowest BCUT2D eigenvalue weighted by Crippen LogP contribution is -2.16. The van der Waals surface area contributed by atoms with E-state index >= 15 is 0 Å². The number of pyridine rings is 1. The van der Waals surface area contributed by atoms with Crippen molar-refractivity contribution in [3.63, 3.8) is 0 Å². The molecule has 2 rings (SSSR count). The Hall–Kier alpha value is -2.17. The molecule has 0 saturated heterocycles. The van der Waals surface area contributed by atoms with Gasteiger partial charge in [0.1, 0.15) is 5.69 Å². The number of hydrogen-bond acceptors (Lipinski definition) is 3. The Kier molecular flexibility index (Phi) is 1.98. The number of nitrogens with two attached hydrogens (primary N) is 1. The minimum absolute atomic E-state index is 0.345. The average Bonchev–Trinajstić information content (AvgIpc) is 2.67. The van der Waals surface area contributed by atoms with Crippen LogP contribution in [0.5, 0.6) is 0 Å². The monoisotopic (exact) mass is 188 g/mol. The Balaban J connectivity index is 2.52. The highest BCUT2D eigenvalue weighted by Gasteiger charge is 2.08. The molecule has 0 aliphatic carbocycles. The van der Waals surface area contributed by atoms with Crippen molar-refractivity contribution in [3.8, 4) is 5.69 Å². The van der Waals surface area contributed by atoms with Crippen LogP contribution < -0.4 is 5.73 Å². The van der Waals surface area contributed by atoms with Crippen LogP contribution in [0.3, 0.4) is 0 Å². The summed E-state index contributed by atoms with van der Waals surface area (Å²) in [5, 5.41) is 3.98. The van der Waals surface area contributed by atoms with Gasteiger partial charge in [-0.15, -0.1) is 0 Å². The van der Waals surface area contributed by atoms with Gasteiger partial charge in [-0.25, -0.2) is 4.68 Å². The molecule has 2 aromatic rings. The molecule has 0 unspecified atom stereocenters. The normalized spacial score (nSPS) is 10.0. The molecule has 0 aromatic carbocycles. The molecule has 0 aliphatic heterocycles. The predicted octanol–water partition coefficient (Wildman–Crippen LogP) is 0.366. The van der Waals surface area contributed by atoms with E-state index in [0.29, 0.717) is 11.4 Å². The maximum absolute atomic E-state index is 11.0. The van der Waals surface area contributed by atoms with Gasteiger partial charge in [0.15, 0.2) is 0 Å². The lowest BCUT2D eigenvalue weighted by molar-refractivity contribution is 0.0993. The lowest BCUT2D eigenvalue weighted by atomic mass is 10.3. The minimum atomic E-state index is -0.508. The molecule has 2 heterocycles. The first-order valence-corrected chi connectivity index (χ1v) is 4.03. The minimum Gasteiger partial charge on any atom is -0.364 e. The van der Waals surface area contributed by atoms with Crippen molar-refractivity contribution >= 4 is 5.91 Å². The summed E-state index contributed by atoms with van der Waals surface area (Å²) in [6.45, 7) is 0. The molecule has 70 valence electrons. The number of amides is 1. The van der Waals surface area contributed by atoms with E-state index in [9.17, 15) is 4.79 Å². The number of nitrogens with zero attached hydrogens (tertiary/aromatic N) is 3. The molecular weight excluding hydrogens is 180 g/mol. The highest BCUT2D eigenvalue weighted by atomic mass is 16.1. The van der Waals surface area contributed by atoms with E-state index in [-0.39, 0.29) is 0 Å². The standard InChI is InChI=1S/C9H8N4O/c10-9(14)8-3-5-12-13(8)7-2-1-4-11-6-7/h1-6H,(H2,10,14). The van der Waals surface area contributed by atoms with Crippen LogP contribution in [0.15, 0.2) is 36.8 Å². The molecule has 14 heavy (non-hydrogen) atoms. The van der Waals surface area contributed by atoms with Gasteiger partial charge in [0.05, 0.1) is 18.1 Å². The van der Waals surface area contributed by atoms with Crippen LogP contribution in [0.2, 0.25) is 0 Å². The molecule has 0 bridgehead atoms. The van der Waals surface area contributed by atoms with Crippen molar-refractivity contribution in [2.75, 3.05) is 0 Å². The molecule has 0 atom stereocenters. The van der Waals surface area contributed by atoms with Crippen LogP contribution in [0.1, 0.15) is 10.5 Å². The van der Waals surface area contributed by atoms with E-state index in [2.05, 4.69) is 10.1 Å². The largest absolute Gasteiger partial charge is 0.364 e. The van der Waals surface area contributed by atoms with Gasteiger partial charge in [-0.1, -0.05) is 0 Å². The first-order valence-electron chi connectivity index (χ1n) is 4.03. The maximum atomic E-state index is 11.0. The SMILES string of the molecule is NC(=O)c1ccnn1-c1cccnc1. The fourth-order valence-electron chi connectivity index (χ4n) is 1.17. The fourth-order valence-corrected chi connectivity index (χ4v) is 1.17. The second-order valence-corrected chi connectivity index (χ2v) is 2.70. The third-order valence-electron chi connectivity index (χ3n) is 1.79. The van der Waals surface area contributed by atoms with Crippen LogP contribution in [-0.2, 0) is 0 Å². The first kappa shape index (κ1) is 8.43. The predicted molar refractivity (Wildman–Crippen MR) is 49.9 cm³/mol. The van der Waals surface area contributed by atoms with Gasteiger partial charge >= 0.3 is 0 Å². The van der Waals surface area contributed by atoms with Crippen LogP contribution in [0, 0.1) is 0 Å². The molecule has 2 aromatic heterocycles. The summed E-state index contributed by atoms with van der Waals surface area (Å²) in [5.74, 6) is -0.508. The second kappa shape index (κ2) is 3.29. The smallest absolute Gasteiger partial charge is 0.267 e. The summed E-state index contributed by atoms with van der Waals surface area (Å²) in [4.78, 5) is 14.9. The van der Waals surface area contributed by atoms with Crippen molar-refractivity contribution in [2.45, 2.75) is 0 Å². The van der Waals surface area contributed by atoms with Crippen molar-refractivity contribution in [3.05, 3.63) is 42.5 Å². The zero-order valence-electron chi connectivity index (χ0n) is 7.29. The summed E-state index contributed by atoms with van der Waals surface area (Å²) in [5.41, 5.74) is 6.24. The zero-order chi connectivity index (χ0) is 9.97. The van der Waals surface area contributed by atoms with Crippen molar-refractivity contribution in [1.82, 2.24) is 14.8 Å². The molecule has 0 spiro atoms. The third kappa shape index (κ3) is 1.35. The lowest BCUT2D eigenvalue weighted by Gasteiger charge is -2.02. The Morgan fingerprint density at radius 1 is 1.36 bits per heavy atom. The second-order valence-electron chi connectivity index (χ2n) is 2.70. The van der Waals surface area contributed by atoms with E-state index < -0.39 is 5.91 Å². The quantitative estimate of drug-likeness (QED) is 0.739. The highest BCUT2D eigenvalue weighted by molar-refractivity contribution is 5.91.